The summed E-state index contributed by atoms with van der Waals surface area (Å²) in [5.41, 5.74) is 25.2. The van der Waals surface area contributed by atoms with Crippen LogP contribution in [0.4, 0.5) is 34.1 Å². The van der Waals surface area contributed by atoms with Gasteiger partial charge in [0, 0.05) is 34.1 Å². The smallest absolute Gasteiger partial charge is 0.252 e. The Morgan fingerprint density at radius 2 is 0.806 bits per heavy atom. The quantitative estimate of drug-likeness (QED) is 0.160. The SMILES string of the molecule is Cc1ccc(C(C)(C)C)cc1N1c2cc(C(C)(C)C)ccc2B2c3cc4c(cc3N(c3cc5c(cc3C)C(C)(C)CCC5(C)C)c3cc(C(C)(C)C)cc1c32)C(C)(C)CC4(C)C. The lowest BCUT2D eigenvalue weighted by Crippen LogP contribution is -2.62. The minimum atomic E-state index is -0.0880. The Morgan fingerprint density at radius 1 is 0.403 bits per heavy atom. The summed E-state index contributed by atoms with van der Waals surface area (Å²) in [5, 5.41) is 0. The molecule has 0 N–H and O–H groups in total. The lowest BCUT2D eigenvalue weighted by Gasteiger charge is -2.47. The van der Waals surface area contributed by atoms with E-state index in [-0.39, 0.29) is 44.6 Å². The van der Waals surface area contributed by atoms with E-state index >= 15 is 0 Å². The highest BCUT2D eigenvalue weighted by Crippen LogP contribution is 2.55. The van der Waals surface area contributed by atoms with Crippen LogP contribution in [0.15, 0.2) is 72.8 Å². The van der Waals surface area contributed by atoms with Crippen LogP contribution in [0.3, 0.4) is 0 Å². The summed E-state index contributed by atoms with van der Waals surface area (Å²) >= 11 is 0. The van der Waals surface area contributed by atoms with Crippen molar-refractivity contribution in [1.82, 2.24) is 0 Å². The number of nitrogens with zero attached hydrogens (tertiary/aromatic N) is 2. The Balaban J connectivity index is 1.47. The molecule has 62 heavy (non-hydrogen) atoms. The van der Waals surface area contributed by atoms with Crippen molar-refractivity contribution in [1.29, 1.82) is 0 Å². The monoisotopic (exact) mass is 823 g/mol. The fraction of sp³-hybridized carbons (Fsp3) is 0.492. The third kappa shape index (κ3) is 6.47. The first-order valence-corrected chi connectivity index (χ1v) is 23.8. The van der Waals surface area contributed by atoms with Gasteiger partial charge in [-0.3, -0.25) is 0 Å². The zero-order valence-electron chi connectivity index (χ0n) is 42.0. The van der Waals surface area contributed by atoms with Crippen LogP contribution in [0.25, 0.3) is 0 Å². The second-order valence-electron chi connectivity index (χ2n) is 25.9. The zero-order valence-corrected chi connectivity index (χ0v) is 42.0. The first-order chi connectivity index (χ1) is 28.4. The molecule has 0 aromatic heterocycles. The summed E-state index contributed by atoms with van der Waals surface area (Å²) in [6.07, 6.45) is 3.54. The molecule has 2 aliphatic heterocycles. The molecule has 0 atom stereocenters. The largest absolute Gasteiger partial charge is 0.311 e. The molecule has 4 aliphatic rings. The van der Waals surface area contributed by atoms with E-state index in [1.165, 1.54) is 113 Å². The molecule has 2 nitrogen and oxygen atoms in total. The molecular weight excluding hydrogens is 747 g/mol. The predicted molar refractivity (Wildman–Crippen MR) is 272 cm³/mol. The number of benzene rings is 5. The molecular formula is C59H75BN2. The molecule has 0 saturated heterocycles. The van der Waals surface area contributed by atoms with Crippen molar-refractivity contribution in [3.8, 4) is 0 Å². The first kappa shape index (κ1) is 43.0. The average molecular weight is 823 g/mol. The number of hydrogen-bond acceptors (Lipinski definition) is 2. The summed E-state index contributed by atoms with van der Waals surface area (Å²) in [4.78, 5) is 5.44. The van der Waals surface area contributed by atoms with Crippen LogP contribution < -0.4 is 26.2 Å². The summed E-state index contributed by atoms with van der Waals surface area (Å²) in [7, 11) is 0. The van der Waals surface area contributed by atoms with Crippen LogP contribution >= 0.6 is 0 Å². The standard InChI is InChI=1S/C59H75BN2/c1-35-20-21-37(53(3,4)5)27-46(35)61-48-28-38(54(6,7)8)22-23-44(48)60-45-31-41-43(59(18,19)34-58(41,16)17)33-49(45)62(51-30-39(55(9,10)11)29-50(61)52(51)60)47-32-42-40(26-36(47)2)56(12,13)24-25-57(42,14)15/h20-23,26-33H,24-25,34H2,1-19H3. The Hall–Kier alpha value is -4.24. The molecule has 0 saturated carbocycles. The van der Waals surface area contributed by atoms with Gasteiger partial charge in [0.2, 0.25) is 0 Å². The summed E-state index contributed by atoms with van der Waals surface area (Å²) in [6, 6.07) is 30.4. The van der Waals surface area contributed by atoms with Crippen molar-refractivity contribution in [3.05, 3.63) is 123 Å². The van der Waals surface area contributed by atoms with E-state index < -0.39 is 0 Å². The lowest BCUT2D eigenvalue weighted by molar-refractivity contribution is 0.332. The molecule has 0 fully saturated rings. The maximum absolute atomic E-state index is 2.75. The van der Waals surface area contributed by atoms with Crippen molar-refractivity contribution in [3.63, 3.8) is 0 Å². The summed E-state index contributed by atoms with van der Waals surface area (Å²) in [5.74, 6) is 0. The van der Waals surface area contributed by atoms with Crippen molar-refractivity contribution >= 4 is 57.2 Å². The van der Waals surface area contributed by atoms with Gasteiger partial charge in [0.15, 0.2) is 0 Å². The fourth-order valence-electron chi connectivity index (χ4n) is 12.1. The number of hydrogen-bond donors (Lipinski definition) is 0. The van der Waals surface area contributed by atoms with E-state index in [9.17, 15) is 0 Å². The molecule has 2 aliphatic carbocycles. The minimum Gasteiger partial charge on any atom is -0.311 e. The maximum atomic E-state index is 2.75. The van der Waals surface area contributed by atoms with E-state index in [2.05, 4.69) is 214 Å². The van der Waals surface area contributed by atoms with E-state index in [0.29, 0.717) is 0 Å². The molecule has 5 aromatic rings. The molecule has 0 bridgehead atoms. The third-order valence-corrected chi connectivity index (χ3v) is 16.0. The predicted octanol–water partition coefficient (Wildman–Crippen LogP) is 14.6. The summed E-state index contributed by atoms with van der Waals surface area (Å²) < 4.78 is 0. The van der Waals surface area contributed by atoms with Crippen LogP contribution in [-0.4, -0.2) is 6.71 Å². The van der Waals surface area contributed by atoms with Crippen LogP contribution in [-0.2, 0) is 37.9 Å². The molecule has 324 valence electrons. The van der Waals surface area contributed by atoms with Crippen molar-refractivity contribution in [2.75, 3.05) is 9.80 Å². The second kappa shape index (κ2) is 13.2. The van der Waals surface area contributed by atoms with Gasteiger partial charge in [0.05, 0.1) is 0 Å². The highest BCUT2D eigenvalue weighted by molar-refractivity contribution is 7.00. The number of fused-ring (bicyclic) bond motifs is 6. The minimum absolute atomic E-state index is 0.00651. The van der Waals surface area contributed by atoms with E-state index in [1.807, 2.05) is 0 Å². The van der Waals surface area contributed by atoms with Crippen LogP contribution in [0.2, 0.25) is 0 Å². The molecule has 0 amide bonds. The van der Waals surface area contributed by atoms with Gasteiger partial charge in [-0.15, -0.1) is 0 Å². The molecule has 0 radical (unpaired) electrons. The van der Waals surface area contributed by atoms with Gasteiger partial charge in [0.1, 0.15) is 0 Å². The molecule has 0 spiro atoms. The number of rotatable bonds is 2. The van der Waals surface area contributed by atoms with Crippen LogP contribution in [0.1, 0.15) is 187 Å². The summed E-state index contributed by atoms with van der Waals surface area (Å²) in [6.45, 7) is 45.9. The van der Waals surface area contributed by atoms with Gasteiger partial charge in [-0.25, -0.2) is 0 Å². The van der Waals surface area contributed by atoms with E-state index in [4.69, 9.17) is 0 Å². The topological polar surface area (TPSA) is 6.48 Å². The molecule has 2 heterocycles. The van der Waals surface area contributed by atoms with E-state index in [0.717, 1.165) is 6.42 Å². The second-order valence-corrected chi connectivity index (χ2v) is 25.9. The van der Waals surface area contributed by atoms with Gasteiger partial charge in [-0.2, -0.15) is 0 Å². The lowest BCUT2D eigenvalue weighted by atomic mass is 9.33. The Kier molecular flexibility index (Phi) is 9.14. The highest BCUT2D eigenvalue weighted by Gasteiger charge is 2.49. The maximum Gasteiger partial charge on any atom is 0.252 e. The fourth-order valence-corrected chi connectivity index (χ4v) is 12.1. The highest BCUT2D eigenvalue weighted by atomic mass is 15.2. The first-order valence-electron chi connectivity index (χ1n) is 23.8. The molecule has 3 heteroatoms. The van der Waals surface area contributed by atoms with Gasteiger partial charge in [-0.05, 0) is 174 Å². The number of aryl methyl sites for hydroxylation is 2. The Labute approximate surface area is 377 Å². The van der Waals surface area contributed by atoms with Crippen molar-refractivity contribution in [2.24, 2.45) is 0 Å². The Bertz CT molecular complexity index is 2700. The Morgan fingerprint density at radius 3 is 1.34 bits per heavy atom. The average Bonchev–Trinajstić information content (AvgIpc) is 3.33. The van der Waals surface area contributed by atoms with Crippen molar-refractivity contribution in [2.45, 2.75) is 189 Å². The van der Waals surface area contributed by atoms with Gasteiger partial charge >= 0.3 is 0 Å². The van der Waals surface area contributed by atoms with Gasteiger partial charge < -0.3 is 9.80 Å². The normalized spacial score (nSPS) is 19.1. The third-order valence-electron chi connectivity index (χ3n) is 16.0. The van der Waals surface area contributed by atoms with Crippen molar-refractivity contribution < 1.29 is 0 Å². The molecule has 5 aromatic carbocycles. The van der Waals surface area contributed by atoms with Gasteiger partial charge in [0.25, 0.3) is 6.71 Å². The zero-order chi connectivity index (χ0) is 45.2. The number of anilines is 6. The van der Waals surface area contributed by atoms with Crippen LogP contribution in [0, 0.1) is 13.8 Å². The van der Waals surface area contributed by atoms with E-state index in [1.54, 1.807) is 0 Å². The van der Waals surface area contributed by atoms with Gasteiger partial charge in [-0.1, -0.05) is 154 Å². The molecule has 0 unspecified atom stereocenters. The van der Waals surface area contributed by atoms with Crippen LogP contribution in [0.5, 0.6) is 0 Å². The molecule has 9 rings (SSSR count).